The Morgan fingerprint density at radius 2 is 2.00 bits per heavy atom. The predicted molar refractivity (Wildman–Crippen MR) is 115 cm³/mol. The molecule has 1 aromatic rings. The monoisotopic (exact) mass is 436 g/mol. The standard InChI is InChI=1S/C22H33FN4O4/c1-4-22(5-2,21(29)25-9-8-23)16-10-17(27-11-15(12-27)30-3)20(26-18(16)19(24)28)31-13-14-6-7-14/h10,14-15H,4-9,11-13H2,1-3H3,(H2,24,28)(H,25,29). The number of nitrogens with two attached hydrogens (primary N) is 1. The summed E-state index contributed by atoms with van der Waals surface area (Å²) in [6.07, 6.45) is 3.16. The molecule has 3 rings (SSSR count). The van der Waals surface area contributed by atoms with Crippen molar-refractivity contribution in [2.45, 2.75) is 51.0 Å². The third-order valence-electron chi connectivity index (χ3n) is 6.41. The number of hydrogen-bond donors (Lipinski definition) is 2. The first kappa shape index (κ1) is 23.2. The van der Waals surface area contributed by atoms with E-state index in [1.54, 1.807) is 7.11 Å². The van der Waals surface area contributed by atoms with Crippen LogP contribution < -0.4 is 20.7 Å². The number of nitrogens with one attached hydrogen (secondary N) is 1. The van der Waals surface area contributed by atoms with Crippen LogP contribution in [0.1, 0.15) is 55.6 Å². The quantitative estimate of drug-likeness (QED) is 0.519. The van der Waals surface area contributed by atoms with E-state index in [2.05, 4.69) is 15.2 Å². The molecule has 0 atom stereocenters. The van der Waals surface area contributed by atoms with Gasteiger partial charge in [0.1, 0.15) is 18.1 Å². The van der Waals surface area contributed by atoms with Crippen LogP contribution >= 0.6 is 0 Å². The molecule has 0 spiro atoms. The summed E-state index contributed by atoms with van der Waals surface area (Å²) in [4.78, 5) is 32.1. The average Bonchev–Trinajstić information content (AvgIpc) is 3.56. The fourth-order valence-electron chi connectivity index (χ4n) is 4.04. The number of halogens is 1. The van der Waals surface area contributed by atoms with Crippen molar-refractivity contribution < 1.29 is 23.5 Å². The summed E-state index contributed by atoms with van der Waals surface area (Å²) in [6.45, 7) is 4.83. The van der Waals surface area contributed by atoms with Gasteiger partial charge in [0.25, 0.3) is 5.91 Å². The Labute approximate surface area is 182 Å². The molecule has 0 bridgehead atoms. The molecule has 1 aliphatic carbocycles. The summed E-state index contributed by atoms with van der Waals surface area (Å²) in [5, 5.41) is 2.64. The van der Waals surface area contributed by atoms with Gasteiger partial charge in [0.2, 0.25) is 11.8 Å². The van der Waals surface area contributed by atoms with Crippen LogP contribution in [0.5, 0.6) is 5.88 Å². The lowest BCUT2D eigenvalue weighted by molar-refractivity contribution is -0.127. The van der Waals surface area contributed by atoms with Crippen LogP contribution in [0.3, 0.4) is 0 Å². The van der Waals surface area contributed by atoms with Gasteiger partial charge in [-0.2, -0.15) is 0 Å². The highest BCUT2D eigenvalue weighted by atomic mass is 19.1. The maximum atomic E-state index is 13.1. The van der Waals surface area contributed by atoms with E-state index in [-0.39, 0.29) is 24.2 Å². The van der Waals surface area contributed by atoms with E-state index in [0.717, 1.165) is 18.5 Å². The van der Waals surface area contributed by atoms with Crippen LogP contribution in [0.2, 0.25) is 0 Å². The van der Waals surface area contributed by atoms with E-state index < -0.39 is 18.0 Å². The molecule has 2 heterocycles. The molecule has 1 aromatic heterocycles. The molecule has 31 heavy (non-hydrogen) atoms. The summed E-state index contributed by atoms with van der Waals surface area (Å²) in [5.41, 5.74) is 5.84. The third-order valence-corrected chi connectivity index (χ3v) is 6.41. The Bertz CT molecular complexity index is 805. The highest BCUT2D eigenvalue weighted by Gasteiger charge is 2.42. The highest BCUT2D eigenvalue weighted by Crippen LogP contribution is 2.41. The summed E-state index contributed by atoms with van der Waals surface area (Å²) < 4.78 is 24.1. The van der Waals surface area contributed by atoms with Crippen LogP contribution in [-0.4, -0.2) is 62.9 Å². The van der Waals surface area contributed by atoms with E-state index >= 15 is 0 Å². The molecule has 1 aliphatic heterocycles. The van der Waals surface area contributed by atoms with Crippen molar-refractivity contribution in [2.75, 3.05) is 44.9 Å². The lowest BCUT2D eigenvalue weighted by atomic mass is 9.73. The Hall–Kier alpha value is -2.42. The topological polar surface area (TPSA) is 107 Å². The first-order valence-corrected chi connectivity index (χ1v) is 11.0. The Balaban J connectivity index is 2.07. The number of carbonyl (C=O) groups excluding carboxylic acids is 2. The molecule has 172 valence electrons. The van der Waals surface area contributed by atoms with Crippen molar-refractivity contribution in [3.05, 3.63) is 17.3 Å². The minimum Gasteiger partial charge on any atom is -0.476 e. The SMILES string of the molecule is CCC(CC)(C(=O)NCCF)c1cc(N2CC(OC)C2)c(OCC2CC2)nc1C(N)=O. The van der Waals surface area contributed by atoms with Crippen LogP contribution in [-0.2, 0) is 14.9 Å². The Kier molecular flexibility index (Phi) is 7.35. The van der Waals surface area contributed by atoms with Gasteiger partial charge in [-0.3, -0.25) is 9.59 Å². The molecule has 1 saturated carbocycles. The summed E-state index contributed by atoms with van der Waals surface area (Å²) in [5.74, 6) is -0.202. The lowest BCUT2D eigenvalue weighted by Gasteiger charge is -2.41. The number of alkyl halides is 1. The third kappa shape index (κ3) is 4.76. The number of carbonyl (C=O) groups is 2. The summed E-state index contributed by atoms with van der Waals surface area (Å²) in [6, 6.07) is 1.81. The number of rotatable bonds is 12. The first-order valence-electron chi connectivity index (χ1n) is 11.0. The molecule has 3 N–H and O–H groups in total. The molecule has 9 heteroatoms. The van der Waals surface area contributed by atoms with Gasteiger partial charge < -0.3 is 25.4 Å². The van der Waals surface area contributed by atoms with Gasteiger partial charge >= 0.3 is 0 Å². The highest BCUT2D eigenvalue weighted by molar-refractivity contribution is 5.98. The number of primary amides is 1. The average molecular weight is 437 g/mol. The molecule has 2 fully saturated rings. The second kappa shape index (κ2) is 9.80. The number of anilines is 1. The number of ether oxygens (including phenoxy) is 2. The van der Waals surface area contributed by atoms with Crippen molar-refractivity contribution in [3.63, 3.8) is 0 Å². The van der Waals surface area contributed by atoms with Crippen molar-refractivity contribution in [1.29, 1.82) is 0 Å². The normalized spacial score (nSPS) is 16.7. The number of amides is 2. The zero-order chi connectivity index (χ0) is 22.6. The number of nitrogens with zero attached hydrogens (tertiary/aromatic N) is 2. The minimum atomic E-state index is -1.05. The molecule has 2 amide bonds. The second-order valence-electron chi connectivity index (χ2n) is 8.32. The Morgan fingerprint density at radius 3 is 2.52 bits per heavy atom. The molecule has 0 aromatic carbocycles. The zero-order valence-electron chi connectivity index (χ0n) is 18.6. The van der Waals surface area contributed by atoms with Gasteiger partial charge in [-0.05, 0) is 37.7 Å². The molecule has 2 aliphatic rings. The van der Waals surface area contributed by atoms with Crippen molar-refractivity contribution in [1.82, 2.24) is 10.3 Å². The first-order chi connectivity index (χ1) is 14.9. The van der Waals surface area contributed by atoms with Gasteiger partial charge in [0.05, 0.1) is 18.1 Å². The van der Waals surface area contributed by atoms with E-state index in [0.29, 0.717) is 49.9 Å². The van der Waals surface area contributed by atoms with Crippen LogP contribution in [0.4, 0.5) is 10.1 Å². The van der Waals surface area contributed by atoms with Crippen LogP contribution in [0, 0.1) is 5.92 Å². The summed E-state index contributed by atoms with van der Waals surface area (Å²) >= 11 is 0. The van der Waals surface area contributed by atoms with Gasteiger partial charge in [-0.1, -0.05) is 13.8 Å². The second-order valence-corrected chi connectivity index (χ2v) is 8.32. The lowest BCUT2D eigenvalue weighted by Crippen LogP contribution is -2.52. The largest absolute Gasteiger partial charge is 0.476 e. The fourth-order valence-corrected chi connectivity index (χ4v) is 4.04. The minimum absolute atomic E-state index is 0.0254. The molecule has 8 nitrogen and oxygen atoms in total. The Morgan fingerprint density at radius 1 is 1.32 bits per heavy atom. The fraction of sp³-hybridized carbons (Fsp3) is 0.682. The van der Waals surface area contributed by atoms with E-state index in [9.17, 15) is 14.0 Å². The number of pyridine rings is 1. The molecular formula is C22H33FN4O4. The van der Waals surface area contributed by atoms with E-state index in [1.807, 2.05) is 19.9 Å². The molecule has 0 radical (unpaired) electrons. The van der Waals surface area contributed by atoms with Crippen LogP contribution in [0.15, 0.2) is 6.07 Å². The number of hydrogen-bond acceptors (Lipinski definition) is 6. The molecule has 1 saturated heterocycles. The maximum Gasteiger partial charge on any atom is 0.267 e. The smallest absolute Gasteiger partial charge is 0.267 e. The number of aromatic nitrogens is 1. The van der Waals surface area contributed by atoms with Gasteiger partial charge in [-0.25, -0.2) is 9.37 Å². The number of methoxy groups -OCH3 is 1. The van der Waals surface area contributed by atoms with Crippen molar-refractivity contribution >= 4 is 17.5 Å². The maximum absolute atomic E-state index is 13.1. The van der Waals surface area contributed by atoms with Gasteiger partial charge in [0.15, 0.2) is 0 Å². The molecule has 0 unspecified atom stereocenters. The van der Waals surface area contributed by atoms with Gasteiger partial charge in [0, 0.05) is 32.3 Å². The van der Waals surface area contributed by atoms with E-state index in [1.165, 1.54) is 0 Å². The predicted octanol–water partition coefficient (Wildman–Crippen LogP) is 1.95. The summed E-state index contributed by atoms with van der Waals surface area (Å²) in [7, 11) is 1.67. The van der Waals surface area contributed by atoms with Crippen molar-refractivity contribution in [3.8, 4) is 5.88 Å². The van der Waals surface area contributed by atoms with E-state index in [4.69, 9.17) is 15.2 Å². The van der Waals surface area contributed by atoms with Crippen molar-refractivity contribution in [2.24, 2.45) is 11.7 Å². The molecular weight excluding hydrogens is 403 g/mol. The van der Waals surface area contributed by atoms with Crippen LogP contribution in [0.25, 0.3) is 0 Å². The van der Waals surface area contributed by atoms with Gasteiger partial charge in [-0.15, -0.1) is 0 Å². The zero-order valence-corrected chi connectivity index (χ0v) is 18.6.